The van der Waals surface area contributed by atoms with E-state index in [4.69, 9.17) is 4.74 Å². The van der Waals surface area contributed by atoms with Crippen molar-refractivity contribution in [3.63, 3.8) is 0 Å². The number of hydrogen-bond donors (Lipinski definition) is 2. The van der Waals surface area contributed by atoms with Gasteiger partial charge in [-0.1, -0.05) is 20.3 Å². The molecular formula is C24H39NO3. The van der Waals surface area contributed by atoms with Crippen LogP contribution in [0.25, 0.3) is 0 Å². The van der Waals surface area contributed by atoms with E-state index in [9.17, 15) is 10.2 Å². The third-order valence-electron chi connectivity index (χ3n) is 10.8. The molecule has 2 saturated heterocycles. The molecule has 2 aliphatic heterocycles. The first kappa shape index (κ1) is 18.6. The molecule has 158 valence electrons. The SMILES string of the molecule is C[C@@]12CCC[C@H]1[C@@H]1CCC3CCC(O)(N4CCC(O)C5OC54)C[C@]3(C)[C@@H]1CC2. The highest BCUT2D eigenvalue weighted by atomic mass is 16.6. The van der Waals surface area contributed by atoms with Gasteiger partial charge in [0.15, 0.2) is 0 Å². The van der Waals surface area contributed by atoms with Crippen molar-refractivity contribution in [3.05, 3.63) is 0 Å². The van der Waals surface area contributed by atoms with Gasteiger partial charge in [0, 0.05) is 6.54 Å². The van der Waals surface area contributed by atoms with Crippen molar-refractivity contribution < 1.29 is 14.9 Å². The number of piperidine rings is 1. The van der Waals surface area contributed by atoms with Gasteiger partial charge >= 0.3 is 0 Å². The van der Waals surface area contributed by atoms with E-state index in [0.717, 1.165) is 55.9 Å². The Morgan fingerprint density at radius 1 is 0.929 bits per heavy atom. The molecule has 0 bridgehead atoms. The number of ether oxygens (including phenoxy) is 1. The number of aliphatic hydroxyl groups excluding tert-OH is 1. The standard InChI is InChI=1S/C24H39NO3/c1-22-10-3-4-17(22)16-6-5-15-7-12-24(27,14-23(15,2)18(16)8-11-22)25-13-9-19(26)20-21(25)28-20/h15-21,26-27H,3-14H2,1-2H3/t15?,16-,17-,18+,19?,20?,21?,22-,23-,24?/m0/s1. The van der Waals surface area contributed by atoms with Crippen LogP contribution in [0.4, 0.5) is 0 Å². The summed E-state index contributed by atoms with van der Waals surface area (Å²) in [5.74, 6) is 3.39. The first-order chi connectivity index (χ1) is 13.3. The molecule has 0 spiro atoms. The minimum Gasteiger partial charge on any atom is -0.390 e. The predicted octanol–water partition coefficient (Wildman–Crippen LogP) is 3.90. The van der Waals surface area contributed by atoms with E-state index in [-0.39, 0.29) is 23.9 Å². The van der Waals surface area contributed by atoms with Crippen LogP contribution in [0.15, 0.2) is 0 Å². The number of hydrogen-bond acceptors (Lipinski definition) is 4. The summed E-state index contributed by atoms with van der Waals surface area (Å²) < 4.78 is 5.78. The van der Waals surface area contributed by atoms with Crippen molar-refractivity contribution in [2.24, 2.45) is 34.5 Å². The fourth-order valence-corrected chi connectivity index (χ4v) is 9.28. The van der Waals surface area contributed by atoms with E-state index in [1.54, 1.807) is 0 Å². The molecule has 2 N–H and O–H groups in total. The van der Waals surface area contributed by atoms with Crippen LogP contribution < -0.4 is 0 Å². The van der Waals surface area contributed by atoms with Crippen LogP contribution in [0.3, 0.4) is 0 Å². The summed E-state index contributed by atoms with van der Waals surface area (Å²) in [5.41, 5.74) is 0.136. The van der Waals surface area contributed by atoms with Gasteiger partial charge in [0.1, 0.15) is 18.1 Å². The molecular weight excluding hydrogens is 350 g/mol. The molecule has 0 aromatic carbocycles. The number of aliphatic hydroxyl groups is 2. The Kier molecular flexibility index (Phi) is 3.96. The second-order valence-corrected chi connectivity index (χ2v) is 12.0. The van der Waals surface area contributed by atoms with Crippen LogP contribution in [-0.4, -0.2) is 45.8 Å². The van der Waals surface area contributed by atoms with Crippen molar-refractivity contribution in [2.45, 2.75) is 109 Å². The lowest BCUT2D eigenvalue weighted by atomic mass is 9.44. The molecule has 28 heavy (non-hydrogen) atoms. The van der Waals surface area contributed by atoms with Crippen molar-refractivity contribution in [1.29, 1.82) is 0 Å². The van der Waals surface area contributed by atoms with Gasteiger partial charge in [-0.05, 0) is 98.7 Å². The first-order valence-corrected chi connectivity index (χ1v) is 12.2. The highest BCUT2D eigenvalue weighted by Gasteiger charge is 2.63. The molecule has 6 fully saturated rings. The molecule has 2 heterocycles. The zero-order chi connectivity index (χ0) is 19.3. The highest BCUT2D eigenvalue weighted by molar-refractivity contribution is 5.11. The van der Waals surface area contributed by atoms with Gasteiger partial charge < -0.3 is 14.9 Å². The molecule has 6 rings (SSSR count). The summed E-state index contributed by atoms with van der Waals surface area (Å²) >= 11 is 0. The van der Waals surface area contributed by atoms with Crippen LogP contribution in [0, 0.1) is 34.5 Å². The Labute approximate surface area is 170 Å². The first-order valence-electron chi connectivity index (χ1n) is 12.2. The van der Waals surface area contributed by atoms with Gasteiger partial charge in [-0.2, -0.15) is 0 Å². The summed E-state index contributed by atoms with van der Waals surface area (Å²) in [4.78, 5) is 2.23. The van der Waals surface area contributed by atoms with E-state index in [2.05, 4.69) is 18.7 Å². The lowest BCUT2D eigenvalue weighted by Gasteiger charge is -2.63. The zero-order valence-electron chi connectivity index (χ0n) is 17.8. The molecule has 6 aliphatic rings. The number of likely N-dealkylation sites (tertiary alicyclic amines) is 1. The predicted molar refractivity (Wildman–Crippen MR) is 107 cm³/mol. The van der Waals surface area contributed by atoms with E-state index in [1.165, 1.54) is 44.9 Å². The zero-order valence-corrected chi connectivity index (χ0v) is 17.8. The van der Waals surface area contributed by atoms with E-state index in [1.807, 2.05) is 0 Å². The normalized spacial score (nSPS) is 61.1. The lowest BCUT2D eigenvalue weighted by molar-refractivity contribution is -0.220. The molecule has 0 aromatic rings. The summed E-state index contributed by atoms with van der Waals surface area (Å²) in [6, 6.07) is 0. The fourth-order valence-electron chi connectivity index (χ4n) is 9.28. The number of rotatable bonds is 1. The third-order valence-corrected chi connectivity index (χ3v) is 10.8. The van der Waals surface area contributed by atoms with Crippen LogP contribution in [0.5, 0.6) is 0 Å². The van der Waals surface area contributed by atoms with Crippen LogP contribution in [0.2, 0.25) is 0 Å². The van der Waals surface area contributed by atoms with Gasteiger partial charge in [0.25, 0.3) is 0 Å². The van der Waals surface area contributed by atoms with E-state index >= 15 is 0 Å². The number of nitrogens with zero attached hydrogens (tertiary/aromatic N) is 1. The van der Waals surface area contributed by atoms with Crippen molar-refractivity contribution in [3.8, 4) is 0 Å². The maximum Gasteiger partial charge on any atom is 0.142 e. The number of fused-ring (bicyclic) bond motifs is 6. The summed E-state index contributed by atoms with van der Waals surface area (Å²) in [6.07, 6.45) is 13.2. The molecule has 4 nitrogen and oxygen atoms in total. The maximum absolute atomic E-state index is 11.9. The van der Waals surface area contributed by atoms with Gasteiger partial charge in [-0.15, -0.1) is 0 Å². The van der Waals surface area contributed by atoms with Gasteiger partial charge in [0.2, 0.25) is 0 Å². The quantitative estimate of drug-likeness (QED) is 0.668. The van der Waals surface area contributed by atoms with Gasteiger partial charge in [-0.25, -0.2) is 4.90 Å². The Morgan fingerprint density at radius 2 is 1.79 bits per heavy atom. The van der Waals surface area contributed by atoms with Crippen molar-refractivity contribution >= 4 is 0 Å². The lowest BCUT2D eigenvalue weighted by Crippen LogP contribution is -2.62. The molecule has 0 amide bonds. The summed E-state index contributed by atoms with van der Waals surface area (Å²) in [7, 11) is 0. The molecule has 4 aliphatic carbocycles. The minimum atomic E-state index is -0.733. The monoisotopic (exact) mass is 389 g/mol. The Morgan fingerprint density at radius 3 is 2.64 bits per heavy atom. The van der Waals surface area contributed by atoms with E-state index in [0.29, 0.717) is 5.41 Å². The largest absolute Gasteiger partial charge is 0.390 e. The third kappa shape index (κ3) is 2.44. The molecule has 0 aromatic heterocycles. The average molecular weight is 390 g/mol. The summed E-state index contributed by atoms with van der Waals surface area (Å²) in [6.45, 7) is 5.89. The Balaban J connectivity index is 1.28. The molecule has 4 saturated carbocycles. The second-order valence-electron chi connectivity index (χ2n) is 12.0. The fraction of sp³-hybridized carbons (Fsp3) is 1.00. The van der Waals surface area contributed by atoms with Crippen LogP contribution in [-0.2, 0) is 4.74 Å². The second kappa shape index (κ2) is 5.96. The molecule has 0 radical (unpaired) electrons. The average Bonchev–Trinajstić information content (AvgIpc) is 3.35. The molecule has 5 unspecified atom stereocenters. The molecule has 10 atom stereocenters. The van der Waals surface area contributed by atoms with Gasteiger partial charge in [0.05, 0.1) is 6.10 Å². The number of epoxide rings is 1. The smallest absolute Gasteiger partial charge is 0.142 e. The van der Waals surface area contributed by atoms with E-state index < -0.39 is 5.72 Å². The van der Waals surface area contributed by atoms with Crippen molar-refractivity contribution in [2.75, 3.05) is 6.54 Å². The summed E-state index contributed by atoms with van der Waals surface area (Å²) in [5, 5.41) is 22.0. The van der Waals surface area contributed by atoms with Gasteiger partial charge in [-0.3, -0.25) is 0 Å². The van der Waals surface area contributed by atoms with Crippen LogP contribution in [0.1, 0.15) is 84.5 Å². The maximum atomic E-state index is 11.9. The highest BCUT2D eigenvalue weighted by Crippen LogP contribution is 2.67. The van der Waals surface area contributed by atoms with Crippen LogP contribution >= 0.6 is 0 Å². The van der Waals surface area contributed by atoms with Crippen molar-refractivity contribution in [1.82, 2.24) is 4.90 Å². The molecule has 4 heteroatoms. The Hall–Kier alpha value is -0.160. The Bertz CT molecular complexity index is 656. The topological polar surface area (TPSA) is 56.2 Å². The minimum absolute atomic E-state index is 0.0437.